The number of aromatic nitrogens is 2. The average Bonchev–Trinajstić information content (AvgIpc) is 2.84. The lowest BCUT2D eigenvalue weighted by Gasteiger charge is -2.06. The quantitative estimate of drug-likeness (QED) is 0.843. The van der Waals surface area contributed by atoms with Crippen molar-refractivity contribution in [3.63, 3.8) is 0 Å². The van der Waals surface area contributed by atoms with E-state index in [9.17, 15) is 4.79 Å². The number of imidazole rings is 1. The first-order valence-electron chi connectivity index (χ1n) is 6.18. The minimum Gasteiger partial charge on any atom is -0.355 e. The SMILES string of the molecule is CNC(=O)c1ccc(CNCc2nccn2C)cc1. The zero-order valence-electron chi connectivity index (χ0n) is 11.2. The van der Waals surface area contributed by atoms with Gasteiger partial charge in [0, 0.05) is 38.6 Å². The highest BCUT2D eigenvalue weighted by atomic mass is 16.1. The van der Waals surface area contributed by atoms with Crippen molar-refractivity contribution in [1.29, 1.82) is 0 Å². The van der Waals surface area contributed by atoms with Gasteiger partial charge in [0.25, 0.3) is 5.91 Å². The molecule has 0 aliphatic heterocycles. The Balaban J connectivity index is 1.86. The Bertz CT molecular complexity index is 545. The molecule has 5 nitrogen and oxygen atoms in total. The van der Waals surface area contributed by atoms with Crippen LogP contribution in [0.1, 0.15) is 21.7 Å². The molecular formula is C14H18N4O. The third-order valence-electron chi connectivity index (χ3n) is 2.98. The van der Waals surface area contributed by atoms with Gasteiger partial charge in [0.2, 0.25) is 0 Å². The zero-order chi connectivity index (χ0) is 13.7. The largest absolute Gasteiger partial charge is 0.355 e. The van der Waals surface area contributed by atoms with Gasteiger partial charge in [0.15, 0.2) is 0 Å². The molecule has 2 aromatic rings. The van der Waals surface area contributed by atoms with Crippen molar-refractivity contribution in [3.05, 3.63) is 53.6 Å². The highest BCUT2D eigenvalue weighted by molar-refractivity contribution is 5.93. The zero-order valence-corrected chi connectivity index (χ0v) is 11.2. The number of hydrogen-bond acceptors (Lipinski definition) is 3. The lowest BCUT2D eigenvalue weighted by molar-refractivity contribution is 0.0963. The van der Waals surface area contributed by atoms with Gasteiger partial charge in [-0.1, -0.05) is 12.1 Å². The van der Waals surface area contributed by atoms with Crippen molar-refractivity contribution >= 4 is 5.91 Å². The van der Waals surface area contributed by atoms with E-state index in [0.29, 0.717) is 5.56 Å². The first kappa shape index (κ1) is 13.3. The summed E-state index contributed by atoms with van der Waals surface area (Å²) in [6.45, 7) is 1.47. The van der Waals surface area contributed by atoms with Crippen molar-refractivity contribution in [2.24, 2.45) is 7.05 Å². The standard InChI is InChI=1S/C14H18N4O/c1-15-14(19)12-5-3-11(4-6-12)9-16-10-13-17-7-8-18(13)2/h3-8,16H,9-10H2,1-2H3,(H,15,19). The van der Waals surface area contributed by atoms with Crippen LogP contribution in [0.4, 0.5) is 0 Å². The van der Waals surface area contributed by atoms with Gasteiger partial charge in [-0.3, -0.25) is 4.79 Å². The maximum atomic E-state index is 11.4. The molecule has 2 N–H and O–H groups in total. The summed E-state index contributed by atoms with van der Waals surface area (Å²) in [7, 11) is 3.60. The fourth-order valence-electron chi connectivity index (χ4n) is 1.80. The van der Waals surface area contributed by atoms with Crippen LogP contribution in [-0.4, -0.2) is 22.5 Å². The molecule has 0 fully saturated rings. The predicted molar refractivity (Wildman–Crippen MR) is 73.6 cm³/mol. The Morgan fingerprint density at radius 1 is 1.26 bits per heavy atom. The second-order valence-corrected chi connectivity index (χ2v) is 4.33. The molecule has 0 atom stereocenters. The number of aryl methyl sites for hydroxylation is 1. The molecule has 0 aliphatic carbocycles. The maximum absolute atomic E-state index is 11.4. The van der Waals surface area contributed by atoms with Gasteiger partial charge in [0.05, 0.1) is 6.54 Å². The van der Waals surface area contributed by atoms with E-state index in [4.69, 9.17) is 0 Å². The highest BCUT2D eigenvalue weighted by Gasteiger charge is 2.02. The molecule has 1 heterocycles. The number of rotatable bonds is 5. The number of nitrogens with zero attached hydrogens (tertiary/aromatic N) is 2. The molecule has 0 bridgehead atoms. The van der Waals surface area contributed by atoms with Crippen LogP contribution in [-0.2, 0) is 20.1 Å². The summed E-state index contributed by atoms with van der Waals surface area (Å²) in [5, 5.41) is 5.93. The van der Waals surface area contributed by atoms with E-state index in [2.05, 4.69) is 15.6 Å². The van der Waals surface area contributed by atoms with Crippen LogP contribution in [0.2, 0.25) is 0 Å². The van der Waals surface area contributed by atoms with Crippen molar-refractivity contribution < 1.29 is 4.79 Å². The fraction of sp³-hybridized carbons (Fsp3) is 0.286. The van der Waals surface area contributed by atoms with Gasteiger partial charge in [-0.25, -0.2) is 4.98 Å². The van der Waals surface area contributed by atoms with E-state index in [1.807, 2.05) is 42.1 Å². The molecule has 19 heavy (non-hydrogen) atoms. The van der Waals surface area contributed by atoms with Crippen LogP contribution in [0.3, 0.4) is 0 Å². The molecule has 0 spiro atoms. The number of nitrogens with one attached hydrogen (secondary N) is 2. The van der Waals surface area contributed by atoms with Gasteiger partial charge < -0.3 is 15.2 Å². The molecule has 0 saturated carbocycles. The third kappa shape index (κ3) is 3.42. The lowest BCUT2D eigenvalue weighted by Crippen LogP contribution is -2.18. The van der Waals surface area contributed by atoms with Crippen LogP contribution in [0, 0.1) is 0 Å². The molecule has 0 saturated heterocycles. The van der Waals surface area contributed by atoms with Gasteiger partial charge in [-0.15, -0.1) is 0 Å². The lowest BCUT2D eigenvalue weighted by atomic mass is 10.1. The minimum atomic E-state index is -0.0625. The summed E-state index contributed by atoms with van der Waals surface area (Å²) in [6, 6.07) is 7.57. The molecule has 1 amide bonds. The van der Waals surface area contributed by atoms with E-state index < -0.39 is 0 Å². The second-order valence-electron chi connectivity index (χ2n) is 4.33. The summed E-state index contributed by atoms with van der Waals surface area (Å²) >= 11 is 0. The summed E-state index contributed by atoms with van der Waals surface area (Å²) in [5.41, 5.74) is 1.82. The van der Waals surface area contributed by atoms with Gasteiger partial charge in [-0.2, -0.15) is 0 Å². The summed E-state index contributed by atoms with van der Waals surface area (Å²) < 4.78 is 1.99. The molecule has 1 aromatic carbocycles. The van der Waals surface area contributed by atoms with E-state index in [1.165, 1.54) is 0 Å². The number of carbonyl (C=O) groups is 1. The monoisotopic (exact) mass is 258 g/mol. The molecule has 0 unspecified atom stereocenters. The van der Waals surface area contributed by atoms with Crippen molar-refractivity contribution in [2.75, 3.05) is 7.05 Å². The Labute approximate surface area is 112 Å². The van der Waals surface area contributed by atoms with Crippen molar-refractivity contribution in [2.45, 2.75) is 13.1 Å². The van der Waals surface area contributed by atoms with E-state index in [-0.39, 0.29) is 5.91 Å². The van der Waals surface area contributed by atoms with Crippen LogP contribution < -0.4 is 10.6 Å². The van der Waals surface area contributed by atoms with Gasteiger partial charge in [0.1, 0.15) is 5.82 Å². The summed E-state index contributed by atoms with van der Waals surface area (Å²) in [6.07, 6.45) is 3.71. The summed E-state index contributed by atoms with van der Waals surface area (Å²) in [5.74, 6) is 0.939. The molecule has 0 aliphatic rings. The van der Waals surface area contributed by atoms with Crippen molar-refractivity contribution in [3.8, 4) is 0 Å². The van der Waals surface area contributed by atoms with Crippen LogP contribution in [0.15, 0.2) is 36.7 Å². The maximum Gasteiger partial charge on any atom is 0.251 e. The predicted octanol–water partition coefficient (Wildman–Crippen LogP) is 1.07. The first-order chi connectivity index (χ1) is 9.20. The number of amides is 1. The molecule has 5 heteroatoms. The van der Waals surface area contributed by atoms with Crippen LogP contribution in [0.25, 0.3) is 0 Å². The smallest absolute Gasteiger partial charge is 0.251 e. The topological polar surface area (TPSA) is 59.0 Å². The molecule has 100 valence electrons. The number of benzene rings is 1. The first-order valence-corrected chi connectivity index (χ1v) is 6.18. The minimum absolute atomic E-state index is 0.0625. The van der Waals surface area contributed by atoms with E-state index in [0.717, 1.165) is 24.5 Å². The van der Waals surface area contributed by atoms with Crippen LogP contribution in [0.5, 0.6) is 0 Å². The number of hydrogen-bond donors (Lipinski definition) is 2. The fourth-order valence-corrected chi connectivity index (χ4v) is 1.80. The average molecular weight is 258 g/mol. The van der Waals surface area contributed by atoms with Gasteiger partial charge in [-0.05, 0) is 17.7 Å². The molecule has 1 aromatic heterocycles. The normalized spacial score (nSPS) is 10.4. The molecule has 0 radical (unpaired) electrons. The Morgan fingerprint density at radius 2 is 2.00 bits per heavy atom. The second kappa shape index (κ2) is 6.15. The Morgan fingerprint density at radius 3 is 2.58 bits per heavy atom. The Kier molecular flexibility index (Phi) is 4.30. The van der Waals surface area contributed by atoms with E-state index >= 15 is 0 Å². The summed E-state index contributed by atoms with van der Waals surface area (Å²) in [4.78, 5) is 15.6. The molecule has 2 rings (SSSR count). The third-order valence-corrected chi connectivity index (χ3v) is 2.98. The van der Waals surface area contributed by atoms with E-state index in [1.54, 1.807) is 13.2 Å². The van der Waals surface area contributed by atoms with Crippen molar-refractivity contribution in [1.82, 2.24) is 20.2 Å². The number of carbonyl (C=O) groups excluding carboxylic acids is 1. The Hall–Kier alpha value is -2.14. The van der Waals surface area contributed by atoms with Crippen LogP contribution >= 0.6 is 0 Å². The van der Waals surface area contributed by atoms with Gasteiger partial charge >= 0.3 is 0 Å². The molecular weight excluding hydrogens is 240 g/mol. The highest BCUT2D eigenvalue weighted by Crippen LogP contribution is 2.04.